The molecule has 0 spiro atoms. The van der Waals surface area contributed by atoms with E-state index < -0.39 is 5.97 Å². The number of rotatable bonds is 7. The molecule has 2 N–H and O–H groups in total. The standard InChI is InChI=1S/C23H27N7O3/c1-16-11-20(27-22(26-16)18-5-3-4-6-19(18)31)30-9-7-29(8-10-30)14-17-12-24-23(25-13-17)28(2)15-21(32)33/h3-6,11-13,31H,7-10,14-15H2,1-2H3,(H,32,33). The Labute approximate surface area is 192 Å². The number of nitrogens with zero attached hydrogens (tertiary/aromatic N) is 7. The monoisotopic (exact) mass is 449 g/mol. The Morgan fingerprint density at radius 3 is 2.45 bits per heavy atom. The summed E-state index contributed by atoms with van der Waals surface area (Å²) in [7, 11) is 1.65. The number of likely N-dealkylation sites (N-methyl/N-ethyl adjacent to an activating group) is 1. The zero-order valence-electron chi connectivity index (χ0n) is 18.7. The molecule has 0 bridgehead atoms. The predicted molar refractivity (Wildman–Crippen MR) is 124 cm³/mol. The Morgan fingerprint density at radius 1 is 1.09 bits per heavy atom. The summed E-state index contributed by atoms with van der Waals surface area (Å²) in [5.41, 5.74) is 2.46. The fourth-order valence-electron chi connectivity index (χ4n) is 3.79. The van der Waals surface area contributed by atoms with E-state index >= 15 is 0 Å². The lowest BCUT2D eigenvalue weighted by Crippen LogP contribution is -2.46. The Balaban J connectivity index is 1.37. The van der Waals surface area contributed by atoms with E-state index in [0.29, 0.717) is 17.3 Å². The van der Waals surface area contributed by atoms with Crippen molar-refractivity contribution in [3.8, 4) is 17.1 Å². The van der Waals surface area contributed by atoms with Gasteiger partial charge in [0.2, 0.25) is 5.95 Å². The average molecular weight is 450 g/mol. The number of benzene rings is 1. The van der Waals surface area contributed by atoms with Crippen molar-refractivity contribution in [2.45, 2.75) is 13.5 Å². The normalized spacial score (nSPS) is 14.3. The van der Waals surface area contributed by atoms with Crippen LogP contribution in [-0.2, 0) is 11.3 Å². The summed E-state index contributed by atoms with van der Waals surface area (Å²) in [4.78, 5) is 34.7. The Hall–Kier alpha value is -3.79. The molecule has 3 aromatic rings. The highest BCUT2D eigenvalue weighted by Crippen LogP contribution is 2.28. The largest absolute Gasteiger partial charge is 0.507 e. The lowest BCUT2D eigenvalue weighted by Gasteiger charge is -2.35. The first-order valence-electron chi connectivity index (χ1n) is 10.7. The number of phenols is 1. The van der Waals surface area contributed by atoms with E-state index in [9.17, 15) is 9.90 Å². The number of anilines is 2. The maximum Gasteiger partial charge on any atom is 0.323 e. The summed E-state index contributed by atoms with van der Waals surface area (Å²) in [6, 6.07) is 9.07. The van der Waals surface area contributed by atoms with E-state index in [4.69, 9.17) is 10.1 Å². The van der Waals surface area contributed by atoms with Crippen LogP contribution >= 0.6 is 0 Å². The summed E-state index contributed by atoms with van der Waals surface area (Å²) in [6.07, 6.45) is 3.50. The smallest absolute Gasteiger partial charge is 0.323 e. The van der Waals surface area contributed by atoms with Gasteiger partial charge in [0.15, 0.2) is 5.82 Å². The zero-order valence-corrected chi connectivity index (χ0v) is 18.7. The molecule has 1 aliphatic heterocycles. The number of carboxylic acid groups (broad SMARTS) is 1. The molecule has 10 heteroatoms. The first-order chi connectivity index (χ1) is 15.9. The number of aromatic hydroxyl groups is 1. The first kappa shape index (κ1) is 22.4. The molecule has 33 heavy (non-hydrogen) atoms. The molecule has 3 heterocycles. The molecule has 1 saturated heterocycles. The van der Waals surface area contributed by atoms with Crippen molar-refractivity contribution >= 4 is 17.7 Å². The number of carboxylic acids is 1. The number of hydrogen-bond acceptors (Lipinski definition) is 9. The number of aryl methyl sites for hydroxylation is 1. The van der Waals surface area contributed by atoms with Crippen molar-refractivity contribution in [3.05, 3.63) is 54.0 Å². The highest BCUT2D eigenvalue weighted by Gasteiger charge is 2.20. The lowest BCUT2D eigenvalue weighted by atomic mass is 10.2. The van der Waals surface area contributed by atoms with E-state index in [1.807, 2.05) is 25.1 Å². The zero-order chi connectivity index (χ0) is 23.4. The number of phenolic OH excluding ortho intramolecular Hbond substituents is 1. The number of carbonyl (C=O) groups is 1. The molecule has 172 valence electrons. The average Bonchev–Trinajstić information content (AvgIpc) is 2.79. The third-order valence-corrected chi connectivity index (χ3v) is 5.49. The fourth-order valence-corrected chi connectivity index (χ4v) is 3.79. The van der Waals surface area contributed by atoms with E-state index in [1.54, 1.807) is 31.6 Å². The van der Waals surface area contributed by atoms with Gasteiger partial charge in [-0.25, -0.2) is 19.9 Å². The second-order valence-corrected chi connectivity index (χ2v) is 8.11. The summed E-state index contributed by atoms with van der Waals surface area (Å²) >= 11 is 0. The number of aliphatic carboxylic acids is 1. The van der Waals surface area contributed by atoms with Crippen molar-refractivity contribution in [3.63, 3.8) is 0 Å². The van der Waals surface area contributed by atoms with Crippen LogP contribution in [-0.4, -0.2) is 80.8 Å². The number of aromatic nitrogens is 4. The van der Waals surface area contributed by atoms with Gasteiger partial charge in [0, 0.05) is 69.5 Å². The highest BCUT2D eigenvalue weighted by atomic mass is 16.4. The van der Waals surface area contributed by atoms with Crippen LogP contribution in [0.15, 0.2) is 42.7 Å². The molecule has 10 nitrogen and oxygen atoms in total. The maximum atomic E-state index is 10.8. The molecule has 0 radical (unpaired) electrons. The molecule has 0 aliphatic carbocycles. The lowest BCUT2D eigenvalue weighted by molar-refractivity contribution is -0.135. The van der Waals surface area contributed by atoms with Gasteiger partial charge in [0.1, 0.15) is 18.1 Å². The molecule has 1 aromatic carbocycles. The van der Waals surface area contributed by atoms with E-state index in [-0.39, 0.29) is 12.3 Å². The molecule has 4 rings (SSSR count). The molecule has 0 unspecified atom stereocenters. The minimum Gasteiger partial charge on any atom is -0.507 e. The molecule has 0 saturated carbocycles. The van der Waals surface area contributed by atoms with Gasteiger partial charge >= 0.3 is 5.97 Å². The van der Waals surface area contributed by atoms with Gasteiger partial charge in [0.25, 0.3) is 0 Å². The summed E-state index contributed by atoms with van der Waals surface area (Å²) < 4.78 is 0. The predicted octanol–water partition coefficient (Wildman–Crippen LogP) is 1.79. The van der Waals surface area contributed by atoms with Crippen LogP contribution < -0.4 is 9.80 Å². The van der Waals surface area contributed by atoms with Gasteiger partial charge in [0.05, 0.1) is 5.56 Å². The van der Waals surface area contributed by atoms with Crippen LogP contribution in [0.1, 0.15) is 11.3 Å². The van der Waals surface area contributed by atoms with Gasteiger partial charge in [-0.3, -0.25) is 9.69 Å². The van der Waals surface area contributed by atoms with E-state index in [1.165, 1.54) is 4.90 Å². The molecule has 0 atom stereocenters. The van der Waals surface area contributed by atoms with Crippen molar-refractivity contribution < 1.29 is 15.0 Å². The Kier molecular flexibility index (Phi) is 6.64. The van der Waals surface area contributed by atoms with Crippen LogP contribution in [0.2, 0.25) is 0 Å². The van der Waals surface area contributed by atoms with Crippen LogP contribution in [0.25, 0.3) is 11.4 Å². The number of para-hydroxylation sites is 1. The molecule has 1 fully saturated rings. The van der Waals surface area contributed by atoms with Gasteiger partial charge < -0.3 is 20.0 Å². The van der Waals surface area contributed by atoms with E-state index in [0.717, 1.165) is 49.8 Å². The minimum absolute atomic E-state index is 0.143. The van der Waals surface area contributed by atoms with Crippen molar-refractivity contribution in [2.75, 3.05) is 49.6 Å². The summed E-state index contributed by atoms with van der Waals surface area (Å²) in [5, 5.41) is 19.1. The van der Waals surface area contributed by atoms with Crippen molar-refractivity contribution in [1.82, 2.24) is 24.8 Å². The van der Waals surface area contributed by atoms with Crippen molar-refractivity contribution in [2.24, 2.45) is 0 Å². The molecular weight excluding hydrogens is 422 g/mol. The van der Waals surface area contributed by atoms with Crippen molar-refractivity contribution in [1.29, 1.82) is 0 Å². The summed E-state index contributed by atoms with van der Waals surface area (Å²) in [6.45, 7) is 5.86. The quantitative estimate of drug-likeness (QED) is 0.552. The Morgan fingerprint density at radius 2 is 1.79 bits per heavy atom. The maximum absolute atomic E-state index is 10.8. The molecular formula is C23H27N7O3. The first-order valence-corrected chi connectivity index (χ1v) is 10.7. The third kappa shape index (κ3) is 5.53. The third-order valence-electron chi connectivity index (χ3n) is 5.49. The molecule has 2 aromatic heterocycles. The van der Waals surface area contributed by atoms with Crippen LogP contribution in [0.5, 0.6) is 5.75 Å². The summed E-state index contributed by atoms with van der Waals surface area (Å²) in [5.74, 6) is 1.02. The van der Waals surface area contributed by atoms with Gasteiger partial charge in [-0.2, -0.15) is 0 Å². The van der Waals surface area contributed by atoms with Crippen LogP contribution in [0.4, 0.5) is 11.8 Å². The number of hydrogen-bond donors (Lipinski definition) is 2. The SMILES string of the molecule is Cc1cc(N2CCN(Cc3cnc(N(C)CC(=O)O)nc3)CC2)nc(-c2ccccc2O)n1. The van der Waals surface area contributed by atoms with Gasteiger partial charge in [-0.05, 0) is 19.1 Å². The highest BCUT2D eigenvalue weighted by molar-refractivity contribution is 5.72. The van der Waals surface area contributed by atoms with Gasteiger partial charge in [-0.1, -0.05) is 12.1 Å². The van der Waals surface area contributed by atoms with Gasteiger partial charge in [-0.15, -0.1) is 0 Å². The number of piperazine rings is 1. The molecule has 1 aliphatic rings. The van der Waals surface area contributed by atoms with Crippen LogP contribution in [0.3, 0.4) is 0 Å². The molecule has 0 amide bonds. The van der Waals surface area contributed by atoms with Crippen LogP contribution in [0, 0.1) is 6.92 Å². The second kappa shape index (κ2) is 9.78. The minimum atomic E-state index is -0.922. The second-order valence-electron chi connectivity index (χ2n) is 8.11. The Bertz CT molecular complexity index is 1120. The fraction of sp³-hybridized carbons (Fsp3) is 0.348. The topological polar surface area (TPSA) is 119 Å². The van der Waals surface area contributed by atoms with E-state index in [2.05, 4.69) is 24.8 Å².